The van der Waals surface area contributed by atoms with Crippen LogP contribution in [0.15, 0.2) is 33.5 Å². The van der Waals surface area contributed by atoms with E-state index in [2.05, 4.69) is 15.5 Å². The fourth-order valence-corrected chi connectivity index (χ4v) is 4.03. The lowest BCUT2D eigenvalue weighted by molar-refractivity contribution is -0.116. The number of hydrogen-bond donors (Lipinski definition) is 1. The number of nitrogens with zero attached hydrogens (tertiary/aromatic N) is 3. The molecular weight excluding hydrogens is 372 g/mol. The van der Waals surface area contributed by atoms with Crippen LogP contribution in [0.3, 0.4) is 0 Å². The zero-order chi connectivity index (χ0) is 17.7. The van der Waals surface area contributed by atoms with Gasteiger partial charge in [0.15, 0.2) is 4.34 Å². The highest BCUT2D eigenvalue weighted by atomic mass is 32.2. The second kappa shape index (κ2) is 7.92. The molecule has 0 fully saturated rings. The van der Waals surface area contributed by atoms with E-state index in [9.17, 15) is 13.2 Å². The number of methoxy groups -OCH3 is 1. The Morgan fingerprint density at radius 1 is 1.33 bits per heavy atom. The van der Waals surface area contributed by atoms with Crippen LogP contribution in [0.4, 0.5) is 5.13 Å². The van der Waals surface area contributed by atoms with Crippen LogP contribution in [-0.4, -0.2) is 55.8 Å². The van der Waals surface area contributed by atoms with Crippen molar-refractivity contribution in [2.45, 2.75) is 9.24 Å². The van der Waals surface area contributed by atoms with E-state index in [1.54, 1.807) is 12.1 Å². The van der Waals surface area contributed by atoms with Crippen molar-refractivity contribution in [3.63, 3.8) is 0 Å². The summed E-state index contributed by atoms with van der Waals surface area (Å²) in [4.78, 5) is 12.1. The number of sulfonamides is 1. The Balaban J connectivity index is 2.03. The summed E-state index contributed by atoms with van der Waals surface area (Å²) in [6.07, 6.45) is 1.85. The first-order valence-corrected chi connectivity index (χ1v) is 10.1. The maximum atomic E-state index is 12.4. The molecule has 0 aliphatic rings. The lowest BCUT2D eigenvalue weighted by Gasteiger charge is -2.16. The van der Waals surface area contributed by atoms with Crippen LogP contribution in [-0.2, 0) is 14.8 Å². The van der Waals surface area contributed by atoms with Crippen LogP contribution >= 0.6 is 23.1 Å². The number of benzene rings is 1. The number of thioether (sulfide) groups is 1. The summed E-state index contributed by atoms with van der Waals surface area (Å²) in [6, 6.07) is 5.95. The summed E-state index contributed by atoms with van der Waals surface area (Å²) >= 11 is 2.64. The lowest BCUT2D eigenvalue weighted by atomic mass is 10.3. The number of hydrogen-bond acceptors (Lipinski definition) is 8. The molecule has 1 amide bonds. The van der Waals surface area contributed by atoms with Gasteiger partial charge in [0.25, 0.3) is 0 Å². The van der Waals surface area contributed by atoms with Gasteiger partial charge in [-0.25, -0.2) is 8.42 Å². The number of ether oxygens (including phenoxy) is 1. The Labute approximate surface area is 148 Å². The number of rotatable bonds is 7. The average molecular weight is 388 g/mol. The summed E-state index contributed by atoms with van der Waals surface area (Å²) in [5, 5.41) is 10.5. The van der Waals surface area contributed by atoms with Gasteiger partial charge in [-0.2, -0.15) is 4.31 Å². The number of likely N-dealkylation sites (N-methyl/N-ethyl adjacent to an activating group) is 1. The van der Waals surface area contributed by atoms with Crippen LogP contribution in [0.2, 0.25) is 0 Å². The molecule has 0 atom stereocenters. The molecule has 0 saturated heterocycles. The molecule has 2 aromatic rings. The molecule has 1 aromatic carbocycles. The lowest BCUT2D eigenvalue weighted by Crippen LogP contribution is -2.34. The standard InChI is InChI=1S/C13H16N4O4S3/c1-17(8-11(18)14-12-15-16-13(22-3)23-12)24(19,20)10-6-4-9(21-2)5-7-10/h4-7H,8H2,1-3H3,(H,14,15,18). The molecule has 0 aliphatic carbocycles. The molecular formula is C13H16N4O4S3. The second-order valence-corrected chi connectivity index (χ2v) is 8.64. The van der Waals surface area contributed by atoms with E-state index in [0.717, 1.165) is 4.31 Å². The molecule has 130 valence electrons. The van der Waals surface area contributed by atoms with Gasteiger partial charge in [-0.3, -0.25) is 10.1 Å². The molecule has 0 spiro atoms. The number of carbonyl (C=O) groups excluding carboxylic acids is 1. The minimum Gasteiger partial charge on any atom is -0.497 e. The molecule has 0 saturated carbocycles. The van der Waals surface area contributed by atoms with Crippen LogP contribution in [0.1, 0.15) is 0 Å². The van der Waals surface area contributed by atoms with Crippen molar-refractivity contribution in [2.24, 2.45) is 0 Å². The quantitative estimate of drug-likeness (QED) is 0.567. The Hall–Kier alpha value is -1.69. The third kappa shape index (κ3) is 4.44. The van der Waals surface area contributed by atoms with Crippen molar-refractivity contribution >= 4 is 44.2 Å². The smallest absolute Gasteiger partial charge is 0.243 e. The first-order valence-electron chi connectivity index (χ1n) is 6.64. The van der Waals surface area contributed by atoms with Gasteiger partial charge in [0.2, 0.25) is 21.1 Å². The number of aromatic nitrogens is 2. The highest BCUT2D eigenvalue weighted by Crippen LogP contribution is 2.23. The minimum absolute atomic E-state index is 0.0826. The molecule has 0 aliphatic heterocycles. The van der Waals surface area contributed by atoms with E-state index in [1.165, 1.54) is 49.4 Å². The number of anilines is 1. The molecule has 1 heterocycles. The van der Waals surface area contributed by atoms with Gasteiger partial charge in [-0.05, 0) is 30.5 Å². The van der Waals surface area contributed by atoms with Crippen molar-refractivity contribution in [2.75, 3.05) is 32.3 Å². The molecule has 1 N–H and O–H groups in total. The molecule has 8 nitrogen and oxygen atoms in total. The Bertz CT molecular complexity index is 805. The van der Waals surface area contributed by atoms with Gasteiger partial charge in [0.05, 0.1) is 18.6 Å². The van der Waals surface area contributed by atoms with Gasteiger partial charge >= 0.3 is 0 Å². The van der Waals surface area contributed by atoms with Crippen LogP contribution in [0, 0.1) is 0 Å². The number of amides is 1. The van der Waals surface area contributed by atoms with E-state index in [1.807, 2.05) is 6.26 Å². The van der Waals surface area contributed by atoms with E-state index >= 15 is 0 Å². The predicted molar refractivity (Wildman–Crippen MR) is 93.1 cm³/mol. The van der Waals surface area contributed by atoms with E-state index in [4.69, 9.17) is 4.74 Å². The number of nitrogens with one attached hydrogen (secondary N) is 1. The molecule has 0 bridgehead atoms. The first kappa shape index (κ1) is 18.6. The summed E-state index contributed by atoms with van der Waals surface area (Å²) < 4.78 is 31.6. The van der Waals surface area contributed by atoms with Crippen LogP contribution < -0.4 is 10.1 Å². The molecule has 1 aromatic heterocycles. The van der Waals surface area contributed by atoms with Gasteiger partial charge in [0, 0.05) is 7.05 Å². The van der Waals surface area contributed by atoms with Gasteiger partial charge < -0.3 is 4.74 Å². The first-order chi connectivity index (χ1) is 11.4. The third-order valence-corrected chi connectivity index (χ3v) is 6.59. The average Bonchev–Trinajstić information content (AvgIpc) is 3.02. The maximum Gasteiger partial charge on any atom is 0.243 e. The van der Waals surface area contributed by atoms with Crippen LogP contribution in [0.25, 0.3) is 0 Å². The zero-order valence-electron chi connectivity index (χ0n) is 13.2. The summed E-state index contributed by atoms with van der Waals surface area (Å²) in [5.41, 5.74) is 0. The molecule has 11 heteroatoms. The molecule has 0 unspecified atom stereocenters. The van der Waals surface area contributed by atoms with Crippen molar-refractivity contribution in [3.05, 3.63) is 24.3 Å². The van der Waals surface area contributed by atoms with Crippen molar-refractivity contribution in [1.29, 1.82) is 0 Å². The predicted octanol–water partition coefficient (Wildman–Crippen LogP) is 1.53. The third-order valence-electron chi connectivity index (χ3n) is 2.96. The normalized spacial score (nSPS) is 11.5. The molecule has 0 radical (unpaired) electrons. The minimum atomic E-state index is -3.77. The van der Waals surface area contributed by atoms with E-state index in [-0.39, 0.29) is 11.4 Å². The SMILES string of the molecule is COc1ccc(S(=O)(=O)N(C)CC(=O)Nc2nnc(SC)s2)cc1. The van der Waals surface area contributed by atoms with Gasteiger partial charge in [-0.15, -0.1) is 10.2 Å². The van der Waals surface area contributed by atoms with Gasteiger partial charge in [-0.1, -0.05) is 23.1 Å². The fourth-order valence-electron chi connectivity index (χ4n) is 1.72. The van der Waals surface area contributed by atoms with Crippen molar-refractivity contribution < 1.29 is 17.9 Å². The Kier molecular flexibility index (Phi) is 6.15. The van der Waals surface area contributed by atoms with Crippen LogP contribution in [0.5, 0.6) is 5.75 Å². The van der Waals surface area contributed by atoms with E-state index < -0.39 is 15.9 Å². The van der Waals surface area contributed by atoms with Gasteiger partial charge in [0.1, 0.15) is 5.75 Å². The fraction of sp³-hybridized carbons (Fsp3) is 0.308. The summed E-state index contributed by atoms with van der Waals surface area (Å²) in [6.45, 7) is -0.331. The topological polar surface area (TPSA) is 101 Å². The second-order valence-electron chi connectivity index (χ2n) is 4.56. The Morgan fingerprint density at radius 3 is 2.54 bits per heavy atom. The zero-order valence-corrected chi connectivity index (χ0v) is 15.7. The Morgan fingerprint density at radius 2 is 2.00 bits per heavy atom. The summed E-state index contributed by atoms with van der Waals surface area (Å²) in [7, 11) is -0.935. The monoisotopic (exact) mass is 388 g/mol. The largest absolute Gasteiger partial charge is 0.497 e. The number of carbonyl (C=O) groups is 1. The molecule has 24 heavy (non-hydrogen) atoms. The highest BCUT2D eigenvalue weighted by molar-refractivity contribution is 8.00. The maximum absolute atomic E-state index is 12.4. The van der Waals surface area contributed by atoms with E-state index in [0.29, 0.717) is 15.2 Å². The summed E-state index contributed by atoms with van der Waals surface area (Å²) in [5.74, 6) is 0.0635. The van der Waals surface area contributed by atoms with Crippen molar-refractivity contribution in [1.82, 2.24) is 14.5 Å². The highest BCUT2D eigenvalue weighted by Gasteiger charge is 2.23. The molecule has 2 rings (SSSR count). The van der Waals surface area contributed by atoms with Crippen molar-refractivity contribution in [3.8, 4) is 5.75 Å².